The molecule has 3 atom stereocenters. The number of pyridine rings is 1. The Morgan fingerprint density at radius 3 is 3.19 bits per heavy atom. The third-order valence-electron chi connectivity index (χ3n) is 4.62. The summed E-state index contributed by atoms with van der Waals surface area (Å²) in [6, 6.07) is 4.04. The van der Waals surface area contributed by atoms with Gasteiger partial charge in [-0.25, -0.2) is 4.98 Å². The van der Waals surface area contributed by atoms with Gasteiger partial charge in [-0.05, 0) is 43.5 Å². The van der Waals surface area contributed by atoms with Gasteiger partial charge in [0.25, 0.3) is 0 Å². The summed E-state index contributed by atoms with van der Waals surface area (Å²) in [5.41, 5.74) is 0.582. The Morgan fingerprint density at radius 1 is 1.57 bits per heavy atom. The second kappa shape index (κ2) is 6.30. The normalized spacial score (nSPS) is 28.6. The number of aromatic nitrogens is 1. The molecule has 0 radical (unpaired) electrons. The number of anilines is 1. The van der Waals surface area contributed by atoms with Gasteiger partial charge in [0.2, 0.25) is 5.91 Å². The SMILES string of the molecule is CCC1C2CNCC2CN1CC(=O)Nc1cccnc1Cl. The molecule has 0 bridgehead atoms. The van der Waals surface area contributed by atoms with Gasteiger partial charge in [0.1, 0.15) is 0 Å². The van der Waals surface area contributed by atoms with Crippen molar-refractivity contribution in [2.24, 2.45) is 11.8 Å². The highest BCUT2D eigenvalue weighted by Crippen LogP contribution is 2.34. The van der Waals surface area contributed by atoms with E-state index in [0.29, 0.717) is 35.3 Å². The van der Waals surface area contributed by atoms with Gasteiger partial charge in [-0.2, -0.15) is 0 Å². The third-order valence-corrected chi connectivity index (χ3v) is 4.92. The summed E-state index contributed by atoms with van der Waals surface area (Å²) in [5, 5.41) is 6.65. The van der Waals surface area contributed by atoms with Crippen LogP contribution in [0.1, 0.15) is 13.3 Å². The molecule has 0 saturated carbocycles. The molecule has 0 aromatic carbocycles. The Labute approximate surface area is 130 Å². The van der Waals surface area contributed by atoms with E-state index < -0.39 is 0 Å². The summed E-state index contributed by atoms with van der Waals surface area (Å²) >= 11 is 5.97. The number of nitrogens with zero attached hydrogens (tertiary/aromatic N) is 2. The van der Waals surface area contributed by atoms with Gasteiger partial charge in [-0.15, -0.1) is 0 Å². The van der Waals surface area contributed by atoms with E-state index in [2.05, 4.69) is 27.4 Å². The van der Waals surface area contributed by atoms with Crippen molar-refractivity contribution in [2.45, 2.75) is 19.4 Å². The van der Waals surface area contributed by atoms with Gasteiger partial charge in [-0.3, -0.25) is 9.69 Å². The van der Waals surface area contributed by atoms with Crippen LogP contribution in [0.15, 0.2) is 18.3 Å². The van der Waals surface area contributed by atoms with Crippen LogP contribution < -0.4 is 10.6 Å². The number of nitrogens with one attached hydrogen (secondary N) is 2. The number of amides is 1. The van der Waals surface area contributed by atoms with Gasteiger partial charge < -0.3 is 10.6 Å². The maximum absolute atomic E-state index is 12.2. The summed E-state index contributed by atoms with van der Waals surface area (Å²) in [5.74, 6) is 1.35. The average molecular weight is 309 g/mol. The molecule has 3 unspecified atom stereocenters. The van der Waals surface area contributed by atoms with E-state index in [9.17, 15) is 4.79 Å². The molecule has 1 amide bonds. The average Bonchev–Trinajstić information content (AvgIpc) is 3.01. The van der Waals surface area contributed by atoms with Gasteiger partial charge >= 0.3 is 0 Å². The molecule has 2 aliphatic rings. The first-order chi connectivity index (χ1) is 10.2. The van der Waals surface area contributed by atoms with E-state index in [0.717, 1.165) is 26.1 Å². The lowest BCUT2D eigenvalue weighted by molar-refractivity contribution is -0.117. The maximum atomic E-state index is 12.2. The van der Waals surface area contributed by atoms with Crippen LogP contribution in [0, 0.1) is 11.8 Å². The molecule has 2 N–H and O–H groups in total. The Bertz CT molecular complexity index is 524. The monoisotopic (exact) mass is 308 g/mol. The van der Waals surface area contributed by atoms with Crippen LogP contribution in [0.25, 0.3) is 0 Å². The third kappa shape index (κ3) is 3.05. The fourth-order valence-corrected chi connectivity index (χ4v) is 3.87. The Kier molecular flexibility index (Phi) is 4.42. The molecule has 114 valence electrons. The van der Waals surface area contributed by atoms with E-state index in [1.54, 1.807) is 18.3 Å². The van der Waals surface area contributed by atoms with Crippen molar-refractivity contribution in [2.75, 3.05) is 31.5 Å². The number of halogens is 1. The van der Waals surface area contributed by atoms with Crippen LogP contribution in [-0.4, -0.2) is 48.0 Å². The molecule has 2 saturated heterocycles. The highest BCUT2D eigenvalue weighted by atomic mass is 35.5. The molecule has 3 rings (SSSR count). The van der Waals surface area contributed by atoms with E-state index >= 15 is 0 Å². The van der Waals surface area contributed by atoms with Gasteiger partial charge in [0.05, 0.1) is 12.2 Å². The van der Waals surface area contributed by atoms with Crippen LogP contribution in [-0.2, 0) is 4.79 Å². The first-order valence-corrected chi connectivity index (χ1v) is 7.92. The smallest absolute Gasteiger partial charge is 0.238 e. The molecule has 2 fully saturated rings. The van der Waals surface area contributed by atoms with Crippen molar-refractivity contribution in [1.29, 1.82) is 0 Å². The largest absolute Gasteiger partial charge is 0.322 e. The minimum absolute atomic E-state index is 0.0173. The zero-order chi connectivity index (χ0) is 14.8. The van der Waals surface area contributed by atoms with Crippen molar-refractivity contribution in [3.63, 3.8) is 0 Å². The number of rotatable bonds is 4. The zero-order valence-corrected chi connectivity index (χ0v) is 12.9. The summed E-state index contributed by atoms with van der Waals surface area (Å²) in [6.45, 7) is 5.79. The Balaban J connectivity index is 1.61. The van der Waals surface area contributed by atoms with Crippen LogP contribution in [0.5, 0.6) is 0 Å². The van der Waals surface area contributed by atoms with Gasteiger partial charge in [0, 0.05) is 18.8 Å². The molecule has 3 heterocycles. The van der Waals surface area contributed by atoms with E-state index in [1.807, 2.05) is 0 Å². The lowest BCUT2D eigenvalue weighted by Crippen LogP contribution is -2.40. The number of hydrogen-bond acceptors (Lipinski definition) is 4. The topological polar surface area (TPSA) is 57.3 Å². The number of fused-ring (bicyclic) bond motifs is 1. The number of carbonyl (C=O) groups excluding carboxylic acids is 1. The highest BCUT2D eigenvalue weighted by molar-refractivity contribution is 6.32. The van der Waals surface area contributed by atoms with E-state index in [-0.39, 0.29) is 5.91 Å². The molecule has 1 aromatic heterocycles. The molecular formula is C15H21ClN4O. The molecule has 21 heavy (non-hydrogen) atoms. The highest BCUT2D eigenvalue weighted by Gasteiger charge is 2.43. The summed E-state index contributed by atoms with van der Waals surface area (Å²) in [6.07, 6.45) is 2.70. The molecule has 5 nitrogen and oxygen atoms in total. The molecule has 0 aliphatic carbocycles. The predicted octanol–water partition coefficient (Wildman–Crippen LogP) is 1.60. The number of likely N-dealkylation sites (tertiary alicyclic amines) is 1. The fourth-order valence-electron chi connectivity index (χ4n) is 3.71. The lowest BCUT2D eigenvalue weighted by atomic mass is 9.93. The van der Waals surface area contributed by atoms with E-state index in [4.69, 9.17) is 11.6 Å². The Morgan fingerprint density at radius 2 is 2.43 bits per heavy atom. The van der Waals surface area contributed by atoms with E-state index in [1.165, 1.54) is 0 Å². The van der Waals surface area contributed by atoms with Gasteiger partial charge in [-0.1, -0.05) is 18.5 Å². The minimum atomic E-state index is -0.0173. The fraction of sp³-hybridized carbons (Fsp3) is 0.600. The van der Waals surface area contributed by atoms with Crippen LogP contribution >= 0.6 is 11.6 Å². The molecule has 2 aliphatic heterocycles. The Hall–Kier alpha value is -1.17. The second-order valence-electron chi connectivity index (χ2n) is 5.88. The molecule has 6 heteroatoms. The lowest BCUT2D eigenvalue weighted by Gasteiger charge is -2.26. The quantitative estimate of drug-likeness (QED) is 0.830. The van der Waals surface area contributed by atoms with Crippen molar-refractivity contribution in [3.8, 4) is 0 Å². The summed E-state index contributed by atoms with van der Waals surface area (Å²) in [4.78, 5) is 18.5. The van der Waals surface area contributed by atoms with Crippen LogP contribution in [0.3, 0.4) is 0 Å². The van der Waals surface area contributed by atoms with Crippen molar-refractivity contribution in [3.05, 3.63) is 23.5 Å². The first-order valence-electron chi connectivity index (χ1n) is 7.54. The van der Waals surface area contributed by atoms with Crippen LogP contribution in [0.2, 0.25) is 5.15 Å². The first kappa shape index (κ1) is 14.8. The van der Waals surface area contributed by atoms with Crippen LogP contribution in [0.4, 0.5) is 5.69 Å². The number of hydrogen-bond donors (Lipinski definition) is 2. The van der Waals surface area contributed by atoms with Gasteiger partial charge in [0.15, 0.2) is 5.15 Å². The second-order valence-corrected chi connectivity index (χ2v) is 6.24. The molecule has 0 spiro atoms. The summed E-state index contributed by atoms with van der Waals surface area (Å²) in [7, 11) is 0. The molecule has 1 aromatic rings. The van der Waals surface area contributed by atoms with Crippen molar-refractivity contribution in [1.82, 2.24) is 15.2 Å². The standard InChI is InChI=1S/C15H21ClN4O/c1-2-13-11-7-17-6-10(11)8-20(13)9-14(21)19-12-4-3-5-18-15(12)16/h3-5,10-11,13,17H,2,6-9H2,1H3,(H,19,21). The maximum Gasteiger partial charge on any atom is 0.238 e. The minimum Gasteiger partial charge on any atom is -0.322 e. The molecular weight excluding hydrogens is 288 g/mol. The summed E-state index contributed by atoms with van der Waals surface area (Å²) < 4.78 is 0. The predicted molar refractivity (Wildman–Crippen MR) is 83.4 cm³/mol. The van der Waals surface area contributed by atoms with Crippen molar-refractivity contribution < 1.29 is 4.79 Å². The zero-order valence-electron chi connectivity index (χ0n) is 12.2. The number of carbonyl (C=O) groups is 1. The van der Waals surface area contributed by atoms with Crippen molar-refractivity contribution >= 4 is 23.2 Å².